The van der Waals surface area contributed by atoms with E-state index in [0.29, 0.717) is 0 Å². The molecule has 0 spiro atoms. The fourth-order valence-corrected chi connectivity index (χ4v) is 0. The zero-order chi connectivity index (χ0) is 3.58. The summed E-state index contributed by atoms with van der Waals surface area (Å²) in [4.78, 5) is 2.00. The van der Waals surface area contributed by atoms with Crippen molar-refractivity contribution >= 4 is 34.9 Å². The van der Waals surface area contributed by atoms with Crippen molar-refractivity contribution in [1.82, 2.24) is 4.90 Å². The van der Waals surface area contributed by atoms with E-state index in [1.54, 1.807) is 0 Å². The highest BCUT2D eigenvalue weighted by Crippen LogP contribution is 1.47. The second kappa shape index (κ2) is 9.32. The Morgan fingerprint density at radius 1 is 1.00 bits per heavy atom. The van der Waals surface area contributed by atoms with Gasteiger partial charge in [-0.1, -0.05) is 0 Å². The molecule has 6 heavy (non-hydrogen) atoms. The normalized spacial score (nSPS) is 6.00. The smallest absolute Gasteiger partial charge is 0.0140 e. The summed E-state index contributed by atoms with van der Waals surface area (Å²) >= 11 is 0. The highest BCUT2D eigenvalue weighted by molar-refractivity contribution is 14.0. The predicted octanol–water partition coefficient (Wildman–Crippen LogP) is -0.656. The molecule has 0 fully saturated rings. The zero-order valence-corrected chi connectivity index (χ0v) is 6.19. The fraction of sp³-hybridized carbons (Fsp3) is 1.00. The van der Waals surface area contributed by atoms with Crippen molar-refractivity contribution < 1.29 is 0 Å². The van der Waals surface area contributed by atoms with Crippen LogP contribution in [-0.2, 0) is 0 Å². The van der Waals surface area contributed by atoms with Crippen LogP contribution in [-0.4, -0.2) is 37.0 Å². The average Bonchev–Trinajstić information content (AvgIpc) is 0.811. The van der Waals surface area contributed by atoms with Crippen LogP contribution in [0.4, 0.5) is 0 Å². The third-order valence-electron chi connectivity index (χ3n) is 0. The summed E-state index contributed by atoms with van der Waals surface area (Å²) in [5.74, 6) is 0. The van der Waals surface area contributed by atoms with E-state index >= 15 is 0 Å². The SMILES string of the molecule is CN(C)C.I.[SiH4]. The van der Waals surface area contributed by atoms with Gasteiger partial charge in [-0.25, -0.2) is 0 Å². The first kappa shape index (κ1) is 15.8. The van der Waals surface area contributed by atoms with Gasteiger partial charge in [0.1, 0.15) is 0 Å². The number of hydrogen-bond donors (Lipinski definition) is 0. The first-order valence-corrected chi connectivity index (χ1v) is 1.34. The molecule has 0 heterocycles. The summed E-state index contributed by atoms with van der Waals surface area (Å²) in [5, 5.41) is 0. The molecule has 0 amide bonds. The van der Waals surface area contributed by atoms with Crippen molar-refractivity contribution in [3.63, 3.8) is 0 Å². The molecule has 0 unspecified atom stereocenters. The van der Waals surface area contributed by atoms with Gasteiger partial charge in [0.05, 0.1) is 0 Å². The molecular weight excluding hydrogens is 205 g/mol. The maximum absolute atomic E-state index is 2.00. The lowest BCUT2D eigenvalue weighted by Crippen LogP contribution is -1.99. The van der Waals surface area contributed by atoms with Crippen molar-refractivity contribution in [1.29, 1.82) is 0 Å². The first-order valence-electron chi connectivity index (χ1n) is 1.34. The Bertz CT molecular complexity index is 15.5. The quantitative estimate of drug-likeness (QED) is 0.386. The van der Waals surface area contributed by atoms with Crippen LogP contribution in [0.2, 0.25) is 0 Å². The van der Waals surface area contributed by atoms with E-state index in [9.17, 15) is 0 Å². The minimum Gasteiger partial charge on any atom is -0.312 e. The Morgan fingerprint density at radius 2 is 1.00 bits per heavy atom. The van der Waals surface area contributed by atoms with E-state index in [0.717, 1.165) is 0 Å². The van der Waals surface area contributed by atoms with Crippen LogP contribution in [0.5, 0.6) is 0 Å². The summed E-state index contributed by atoms with van der Waals surface area (Å²) in [6.45, 7) is 0. The van der Waals surface area contributed by atoms with Gasteiger partial charge >= 0.3 is 0 Å². The van der Waals surface area contributed by atoms with Crippen molar-refractivity contribution in [2.24, 2.45) is 0 Å². The maximum atomic E-state index is 2.00. The summed E-state index contributed by atoms with van der Waals surface area (Å²) < 4.78 is 0. The van der Waals surface area contributed by atoms with Gasteiger partial charge in [-0.05, 0) is 32.1 Å². The first-order chi connectivity index (χ1) is 1.73. The molecule has 0 aromatic heterocycles. The Labute approximate surface area is 61.1 Å². The van der Waals surface area contributed by atoms with E-state index in [1.165, 1.54) is 0 Å². The van der Waals surface area contributed by atoms with E-state index in [1.807, 2.05) is 26.0 Å². The van der Waals surface area contributed by atoms with Gasteiger partial charge in [0.25, 0.3) is 0 Å². The van der Waals surface area contributed by atoms with E-state index in [2.05, 4.69) is 0 Å². The van der Waals surface area contributed by atoms with Gasteiger partial charge in [-0.3, -0.25) is 0 Å². The lowest BCUT2D eigenvalue weighted by molar-refractivity contribution is 0.505. The molecule has 3 heteroatoms. The fourth-order valence-electron chi connectivity index (χ4n) is 0. The predicted molar refractivity (Wildman–Crippen MR) is 46.4 cm³/mol. The maximum Gasteiger partial charge on any atom is -0.0140 e. The van der Waals surface area contributed by atoms with Gasteiger partial charge in [0.15, 0.2) is 0 Å². The minimum atomic E-state index is 0. The molecule has 0 aromatic rings. The third-order valence-corrected chi connectivity index (χ3v) is 0. The molecule has 0 aliphatic rings. The van der Waals surface area contributed by atoms with Crippen LogP contribution in [0.1, 0.15) is 0 Å². The molecule has 1 nitrogen and oxygen atoms in total. The van der Waals surface area contributed by atoms with Crippen LogP contribution in [0, 0.1) is 0 Å². The molecule has 0 radical (unpaired) electrons. The molecule has 42 valence electrons. The van der Waals surface area contributed by atoms with Gasteiger partial charge in [0.2, 0.25) is 0 Å². The van der Waals surface area contributed by atoms with Crippen LogP contribution in [0.3, 0.4) is 0 Å². The molecule has 0 aliphatic carbocycles. The van der Waals surface area contributed by atoms with Gasteiger partial charge < -0.3 is 4.90 Å². The molecule has 0 atom stereocenters. The summed E-state index contributed by atoms with van der Waals surface area (Å²) in [5.41, 5.74) is 0. The molecule has 0 saturated carbocycles. The van der Waals surface area contributed by atoms with Crippen LogP contribution < -0.4 is 0 Å². The molecule has 0 aliphatic heterocycles. The highest BCUT2D eigenvalue weighted by atomic mass is 127. The van der Waals surface area contributed by atoms with Crippen molar-refractivity contribution in [2.75, 3.05) is 21.1 Å². The minimum absolute atomic E-state index is 0. The summed E-state index contributed by atoms with van der Waals surface area (Å²) in [6, 6.07) is 0. The second-order valence-electron chi connectivity index (χ2n) is 1.34. The standard InChI is InChI=1S/C3H9N.HI.H4Si/c1-4(2)3;;/h1-3H3;1H;1H4. The molecule has 0 saturated heterocycles. The molecule has 0 N–H and O–H groups in total. The number of rotatable bonds is 0. The third kappa shape index (κ3) is 91.1. The molecule has 0 rings (SSSR count). The van der Waals surface area contributed by atoms with E-state index < -0.39 is 0 Å². The lowest BCUT2D eigenvalue weighted by atomic mass is 11.0. The Kier molecular flexibility index (Phi) is 24.5. The van der Waals surface area contributed by atoms with Crippen LogP contribution >= 0.6 is 24.0 Å². The number of halogens is 1. The van der Waals surface area contributed by atoms with Gasteiger partial charge in [0, 0.05) is 0 Å². The zero-order valence-electron chi connectivity index (χ0n) is 3.86. The number of hydrogen-bond acceptors (Lipinski definition) is 1. The summed E-state index contributed by atoms with van der Waals surface area (Å²) in [6.07, 6.45) is 0. The topological polar surface area (TPSA) is 3.24 Å². The van der Waals surface area contributed by atoms with Crippen molar-refractivity contribution in [2.45, 2.75) is 0 Å². The monoisotopic (exact) mass is 219 g/mol. The second-order valence-corrected chi connectivity index (χ2v) is 1.34. The Balaban J connectivity index is -0.0000000450. The van der Waals surface area contributed by atoms with Crippen LogP contribution in [0.15, 0.2) is 0 Å². The molecule has 0 bridgehead atoms. The molecule has 0 aromatic carbocycles. The lowest BCUT2D eigenvalue weighted by Gasteiger charge is -1.90. The Morgan fingerprint density at radius 3 is 1.00 bits per heavy atom. The van der Waals surface area contributed by atoms with Crippen molar-refractivity contribution in [3.05, 3.63) is 0 Å². The molecular formula is C3H14INSi. The largest absolute Gasteiger partial charge is 0.312 e. The highest BCUT2D eigenvalue weighted by Gasteiger charge is 1.58. The summed E-state index contributed by atoms with van der Waals surface area (Å²) in [7, 11) is 6.00. The van der Waals surface area contributed by atoms with Crippen molar-refractivity contribution in [3.8, 4) is 0 Å². The van der Waals surface area contributed by atoms with Gasteiger partial charge in [-0.15, -0.1) is 24.0 Å². The van der Waals surface area contributed by atoms with E-state index in [-0.39, 0.29) is 34.9 Å². The Hall–Kier alpha value is 0.907. The van der Waals surface area contributed by atoms with E-state index in [4.69, 9.17) is 0 Å². The van der Waals surface area contributed by atoms with Gasteiger partial charge in [-0.2, -0.15) is 0 Å². The number of nitrogens with zero attached hydrogens (tertiary/aromatic N) is 1. The van der Waals surface area contributed by atoms with Crippen LogP contribution in [0.25, 0.3) is 0 Å². The average molecular weight is 219 g/mol.